The van der Waals surface area contributed by atoms with Crippen molar-refractivity contribution >= 4 is 29.2 Å². The molecule has 0 spiro atoms. The molecule has 0 saturated carbocycles. The Labute approximate surface area is 231 Å². The molecule has 0 fully saturated rings. The third-order valence-corrected chi connectivity index (χ3v) is 5.42. The van der Waals surface area contributed by atoms with E-state index >= 15 is 0 Å². The van der Waals surface area contributed by atoms with Crippen LogP contribution < -0.4 is 25.8 Å². The van der Waals surface area contributed by atoms with E-state index in [1.807, 2.05) is 13.8 Å². The number of pyridine rings is 1. The van der Waals surface area contributed by atoms with Gasteiger partial charge in [-0.2, -0.15) is 0 Å². The predicted molar refractivity (Wildman–Crippen MR) is 149 cm³/mol. The highest BCUT2D eigenvalue weighted by atomic mass is 16.6. The number of nitrogens with zero attached hydrogens (tertiary/aromatic N) is 2. The maximum atomic E-state index is 13.1. The molecule has 212 valence electrons. The number of carbonyl (C=O) groups is 2. The number of hydrogen-bond donors (Lipinski definition) is 5. The number of rotatable bonds is 13. The molecule has 3 rings (SSSR count). The van der Waals surface area contributed by atoms with E-state index in [4.69, 9.17) is 25.2 Å². The quantitative estimate of drug-likeness (QED) is 0.0696. The van der Waals surface area contributed by atoms with Crippen molar-refractivity contribution in [2.24, 2.45) is 10.9 Å². The van der Waals surface area contributed by atoms with Crippen molar-refractivity contribution in [1.29, 1.82) is 0 Å². The lowest BCUT2D eigenvalue weighted by atomic mass is 10.1. The van der Waals surface area contributed by atoms with E-state index < -0.39 is 11.9 Å². The summed E-state index contributed by atoms with van der Waals surface area (Å²) < 4.78 is 16.7. The van der Waals surface area contributed by atoms with Gasteiger partial charge in [-0.15, -0.1) is 0 Å². The van der Waals surface area contributed by atoms with Gasteiger partial charge in [0.1, 0.15) is 5.82 Å². The molecular formula is C28H33N5O7. The zero-order valence-electron chi connectivity index (χ0n) is 22.5. The van der Waals surface area contributed by atoms with Crippen LogP contribution in [0.2, 0.25) is 0 Å². The van der Waals surface area contributed by atoms with Gasteiger partial charge in [0.05, 0.1) is 24.9 Å². The summed E-state index contributed by atoms with van der Waals surface area (Å²) in [7, 11) is 0. The molecule has 2 aromatic carbocycles. The molecule has 0 radical (unpaired) electrons. The van der Waals surface area contributed by atoms with E-state index in [-0.39, 0.29) is 43.9 Å². The normalized spacial score (nSPS) is 11.2. The first-order valence-corrected chi connectivity index (χ1v) is 12.6. The number of esters is 1. The first-order chi connectivity index (χ1) is 19.2. The molecule has 0 aliphatic carbocycles. The number of amidine groups is 1. The lowest BCUT2D eigenvalue weighted by molar-refractivity contribution is -0.145. The number of aliphatic hydroxyl groups excluding tert-OH is 1. The Bertz CT molecular complexity index is 1340. The zero-order valence-corrected chi connectivity index (χ0v) is 22.5. The minimum atomic E-state index is -0.536. The average Bonchev–Trinajstić information content (AvgIpc) is 2.95. The van der Waals surface area contributed by atoms with Crippen LogP contribution in [-0.4, -0.2) is 52.3 Å². The second-order valence-corrected chi connectivity index (χ2v) is 8.77. The Balaban J connectivity index is 1.85. The number of hydrogen-bond acceptors (Lipinski definition) is 10. The number of benzene rings is 2. The molecule has 0 aliphatic heterocycles. The summed E-state index contributed by atoms with van der Waals surface area (Å²) in [5, 5.41) is 27.5. The standard InChI is InChI=1S/C28H33N5O7/c1-4-38-24(35)16-39-25-20(12-18(15-34)13-23(25)40-17(2)3)14-31-27-22(6-5-11-30-27)28(36)32-21-9-7-19(8-10-21)26(29)33-37/h5-13,17,34,37H,4,14-16H2,1-3H3,(H2,29,33)(H,30,31)(H,32,36). The van der Waals surface area contributed by atoms with Crippen LogP contribution in [0.4, 0.5) is 11.5 Å². The smallest absolute Gasteiger partial charge is 0.344 e. The number of anilines is 2. The van der Waals surface area contributed by atoms with Crippen LogP contribution in [0.15, 0.2) is 59.9 Å². The lowest BCUT2D eigenvalue weighted by Crippen LogP contribution is -2.18. The Morgan fingerprint density at radius 1 is 1.15 bits per heavy atom. The number of aromatic nitrogens is 1. The van der Waals surface area contributed by atoms with Crippen molar-refractivity contribution < 1.29 is 34.1 Å². The van der Waals surface area contributed by atoms with Gasteiger partial charge in [0.15, 0.2) is 23.9 Å². The number of nitrogens with two attached hydrogens (primary N) is 1. The number of oxime groups is 1. The van der Waals surface area contributed by atoms with Gasteiger partial charge in [-0.05, 0) is 74.9 Å². The zero-order chi connectivity index (χ0) is 29.1. The van der Waals surface area contributed by atoms with Gasteiger partial charge in [0, 0.05) is 29.6 Å². The largest absolute Gasteiger partial charge is 0.487 e. The number of amides is 1. The molecule has 0 aliphatic rings. The summed E-state index contributed by atoms with van der Waals surface area (Å²) in [6, 6.07) is 13.1. The van der Waals surface area contributed by atoms with Crippen LogP contribution in [0.25, 0.3) is 0 Å². The van der Waals surface area contributed by atoms with Crippen molar-refractivity contribution in [1.82, 2.24) is 4.98 Å². The van der Waals surface area contributed by atoms with Gasteiger partial charge < -0.3 is 40.9 Å². The van der Waals surface area contributed by atoms with Crippen LogP contribution in [0.1, 0.15) is 47.8 Å². The Kier molecular flexibility index (Phi) is 10.7. The van der Waals surface area contributed by atoms with Crippen molar-refractivity contribution in [3.8, 4) is 11.5 Å². The molecular weight excluding hydrogens is 518 g/mol. The van der Waals surface area contributed by atoms with Crippen LogP contribution in [-0.2, 0) is 22.7 Å². The van der Waals surface area contributed by atoms with Crippen LogP contribution >= 0.6 is 0 Å². The SMILES string of the molecule is CCOC(=O)COc1c(CNc2ncccc2C(=O)Nc2ccc(/C(N)=N/O)cc2)cc(CO)cc1OC(C)C. The number of carbonyl (C=O) groups excluding carboxylic acids is 2. The van der Waals surface area contributed by atoms with Gasteiger partial charge in [-0.25, -0.2) is 9.78 Å². The van der Waals surface area contributed by atoms with Crippen LogP contribution in [0.3, 0.4) is 0 Å². The fourth-order valence-electron chi connectivity index (χ4n) is 3.67. The lowest BCUT2D eigenvalue weighted by Gasteiger charge is -2.20. The minimum absolute atomic E-state index is 0.0468. The van der Waals surface area contributed by atoms with Crippen molar-refractivity contribution in [3.05, 3.63) is 77.0 Å². The fraction of sp³-hybridized carbons (Fsp3) is 0.286. The molecule has 3 aromatic rings. The molecule has 0 unspecified atom stereocenters. The van der Waals surface area contributed by atoms with Crippen molar-refractivity contribution in [2.45, 2.75) is 40.0 Å². The minimum Gasteiger partial charge on any atom is -0.487 e. The molecule has 40 heavy (non-hydrogen) atoms. The second-order valence-electron chi connectivity index (χ2n) is 8.77. The molecule has 6 N–H and O–H groups in total. The first kappa shape index (κ1) is 29.7. The molecule has 1 amide bonds. The highest BCUT2D eigenvalue weighted by molar-refractivity contribution is 6.07. The summed E-state index contributed by atoms with van der Waals surface area (Å²) in [6.45, 7) is 5.17. The molecule has 1 heterocycles. The molecule has 0 bridgehead atoms. The third-order valence-electron chi connectivity index (χ3n) is 5.42. The van der Waals surface area contributed by atoms with Gasteiger partial charge >= 0.3 is 5.97 Å². The molecule has 1 aromatic heterocycles. The average molecular weight is 552 g/mol. The van der Waals surface area contributed by atoms with Gasteiger partial charge in [-0.3, -0.25) is 4.79 Å². The van der Waals surface area contributed by atoms with E-state index in [0.29, 0.717) is 39.7 Å². The summed E-state index contributed by atoms with van der Waals surface area (Å²) in [5.41, 5.74) is 8.00. The Morgan fingerprint density at radius 3 is 2.55 bits per heavy atom. The molecule has 0 saturated heterocycles. The van der Waals surface area contributed by atoms with Crippen LogP contribution in [0, 0.1) is 0 Å². The van der Waals surface area contributed by atoms with Crippen molar-refractivity contribution in [2.75, 3.05) is 23.8 Å². The van der Waals surface area contributed by atoms with Gasteiger partial charge in [0.25, 0.3) is 5.91 Å². The van der Waals surface area contributed by atoms with Crippen molar-refractivity contribution in [3.63, 3.8) is 0 Å². The summed E-state index contributed by atoms with van der Waals surface area (Å²) in [4.78, 5) is 29.4. The molecule has 12 nitrogen and oxygen atoms in total. The maximum absolute atomic E-state index is 13.1. The third kappa shape index (κ3) is 8.08. The highest BCUT2D eigenvalue weighted by Gasteiger charge is 2.19. The number of ether oxygens (including phenoxy) is 3. The fourth-order valence-corrected chi connectivity index (χ4v) is 3.67. The highest BCUT2D eigenvalue weighted by Crippen LogP contribution is 2.35. The first-order valence-electron chi connectivity index (χ1n) is 12.6. The van der Waals surface area contributed by atoms with E-state index in [0.717, 1.165) is 0 Å². The predicted octanol–water partition coefficient (Wildman–Crippen LogP) is 3.26. The number of aliphatic hydroxyl groups is 1. The van der Waals surface area contributed by atoms with E-state index in [2.05, 4.69) is 20.8 Å². The Hall–Kier alpha value is -4.84. The van der Waals surface area contributed by atoms with Gasteiger partial charge in [0.2, 0.25) is 0 Å². The molecule has 0 atom stereocenters. The van der Waals surface area contributed by atoms with Crippen LogP contribution in [0.5, 0.6) is 11.5 Å². The van der Waals surface area contributed by atoms with E-state index in [1.165, 1.54) is 0 Å². The van der Waals surface area contributed by atoms with Gasteiger partial charge in [-0.1, -0.05) is 5.16 Å². The maximum Gasteiger partial charge on any atom is 0.344 e. The van der Waals surface area contributed by atoms with E-state index in [9.17, 15) is 14.7 Å². The summed E-state index contributed by atoms with van der Waals surface area (Å²) in [6.07, 6.45) is 1.34. The van der Waals surface area contributed by atoms with E-state index in [1.54, 1.807) is 61.7 Å². The Morgan fingerprint density at radius 2 is 1.90 bits per heavy atom. The topological polar surface area (TPSA) is 178 Å². The molecule has 12 heteroatoms. The monoisotopic (exact) mass is 551 g/mol. The summed E-state index contributed by atoms with van der Waals surface area (Å²) in [5.74, 6) is -0.0408. The second kappa shape index (κ2) is 14.4. The number of nitrogens with one attached hydrogen (secondary N) is 2. The summed E-state index contributed by atoms with van der Waals surface area (Å²) >= 11 is 0.